The number of aliphatic hydroxyl groups is 2. The minimum absolute atomic E-state index is 0.0885. The number of aliphatic hydroxyl groups excluding tert-OH is 2. The molecule has 0 aromatic rings. The highest BCUT2D eigenvalue weighted by Crippen LogP contribution is 2.18. The monoisotopic (exact) mass is 215 g/mol. The van der Waals surface area contributed by atoms with Gasteiger partial charge in [0.25, 0.3) is 0 Å². The molecular formula is C5H12O5PS+. The molecule has 0 radical (unpaired) electrons. The maximum Gasteiger partial charge on any atom is 0.695 e. The third kappa shape index (κ3) is 6.97. The van der Waals surface area contributed by atoms with Crippen molar-refractivity contribution in [3.05, 3.63) is 0 Å². The van der Waals surface area contributed by atoms with Gasteiger partial charge >= 0.3 is 8.25 Å². The number of hydrogen-bond acceptors (Lipinski definition) is 5. The molecule has 0 saturated carbocycles. The van der Waals surface area contributed by atoms with Gasteiger partial charge in [-0.2, -0.15) is 0 Å². The van der Waals surface area contributed by atoms with Crippen LogP contribution in [0.5, 0.6) is 0 Å². The van der Waals surface area contributed by atoms with Crippen LogP contribution < -0.4 is 0 Å². The van der Waals surface area contributed by atoms with Gasteiger partial charge in [0.15, 0.2) is 5.94 Å². The van der Waals surface area contributed by atoms with E-state index >= 15 is 0 Å². The molecule has 72 valence electrons. The molecule has 0 amide bonds. The Hall–Kier alpha value is 0.290. The van der Waals surface area contributed by atoms with E-state index in [1.54, 1.807) is 0 Å². The predicted molar refractivity (Wildman–Crippen MR) is 45.9 cm³/mol. The van der Waals surface area contributed by atoms with E-state index in [0.29, 0.717) is 5.75 Å². The Balaban J connectivity index is 3.23. The Morgan fingerprint density at radius 3 is 2.42 bits per heavy atom. The molecule has 0 aliphatic carbocycles. The second kappa shape index (κ2) is 7.91. The number of rotatable bonds is 7. The molecule has 0 aliphatic heterocycles. The van der Waals surface area contributed by atoms with E-state index < -0.39 is 8.25 Å². The van der Waals surface area contributed by atoms with Crippen molar-refractivity contribution in [2.75, 3.05) is 24.9 Å². The smallest absolute Gasteiger partial charge is 0.396 e. The molecule has 1 atom stereocenters. The molecule has 0 aromatic heterocycles. The first-order chi connectivity index (χ1) is 5.70. The first kappa shape index (κ1) is 12.3. The first-order valence-electron chi connectivity index (χ1n) is 3.29. The van der Waals surface area contributed by atoms with Gasteiger partial charge in [0.05, 0.1) is 0 Å². The van der Waals surface area contributed by atoms with Gasteiger partial charge in [0.1, 0.15) is 0 Å². The van der Waals surface area contributed by atoms with Crippen LogP contribution in [0.25, 0.3) is 0 Å². The zero-order valence-corrected chi connectivity index (χ0v) is 8.13. The SMILES string of the molecule is O=[P+](O)OCSCC(CO)CO. The van der Waals surface area contributed by atoms with Gasteiger partial charge in [-0.15, -0.1) is 21.2 Å². The summed E-state index contributed by atoms with van der Waals surface area (Å²) in [5.41, 5.74) is 0. The molecule has 0 rings (SSSR count). The molecule has 0 aliphatic rings. The van der Waals surface area contributed by atoms with Crippen LogP contribution in [0.4, 0.5) is 0 Å². The second-order valence-corrected chi connectivity index (χ2v) is 3.80. The Morgan fingerprint density at radius 1 is 1.42 bits per heavy atom. The highest BCUT2D eigenvalue weighted by molar-refractivity contribution is 7.99. The first-order valence-corrected chi connectivity index (χ1v) is 5.57. The van der Waals surface area contributed by atoms with Crippen LogP contribution in [-0.4, -0.2) is 40.0 Å². The largest absolute Gasteiger partial charge is 0.695 e. The van der Waals surface area contributed by atoms with Gasteiger partial charge in [-0.25, -0.2) is 0 Å². The Kier molecular flexibility index (Phi) is 8.11. The van der Waals surface area contributed by atoms with E-state index in [4.69, 9.17) is 15.1 Å². The van der Waals surface area contributed by atoms with Crippen LogP contribution >= 0.6 is 20.0 Å². The van der Waals surface area contributed by atoms with Crippen LogP contribution in [0.3, 0.4) is 0 Å². The summed E-state index contributed by atoms with van der Waals surface area (Å²) in [6.07, 6.45) is 0. The Morgan fingerprint density at radius 2 is 2.00 bits per heavy atom. The van der Waals surface area contributed by atoms with Crippen molar-refractivity contribution >= 4 is 20.0 Å². The topological polar surface area (TPSA) is 87.0 Å². The molecule has 7 heteroatoms. The minimum atomic E-state index is -2.54. The third-order valence-corrected chi connectivity index (χ3v) is 2.63. The average Bonchev–Trinajstić information content (AvgIpc) is 2.04. The van der Waals surface area contributed by atoms with E-state index in [9.17, 15) is 4.57 Å². The summed E-state index contributed by atoms with van der Waals surface area (Å²) in [5, 5.41) is 17.2. The zero-order valence-electron chi connectivity index (χ0n) is 6.42. The summed E-state index contributed by atoms with van der Waals surface area (Å²) < 4.78 is 14.3. The van der Waals surface area contributed by atoms with Gasteiger partial charge in [-0.05, 0) is 0 Å². The van der Waals surface area contributed by atoms with Gasteiger partial charge in [-0.3, -0.25) is 0 Å². The van der Waals surface area contributed by atoms with Gasteiger partial charge in [0.2, 0.25) is 0 Å². The van der Waals surface area contributed by atoms with Crippen LogP contribution in [0.1, 0.15) is 0 Å². The van der Waals surface area contributed by atoms with Crippen LogP contribution in [0, 0.1) is 5.92 Å². The molecule has 0 saturated heterocycles. The van der Waals surface area contributed by atoms with Crippen molar-refractivity contribution in [2.24, 2.45) is 5.92 Å². The van der Waals surface area contributed by atoms with E-state index in [1.807, 2.05) is 0 Å². The van der Waals surface area contributed by atoms with E-state index in [-0.39, 0.29) is 25.1 Å². The van der Waals surface area contributed by atoms with Crippen molar-refractivity contribution < 1.29 is 24.2 Å². The maximum absolute atomic E-state index is 10.00. The number of hydrogen-bond donors (Lipinski definition) is 3. The third-order valence-electron chi connectivity index (χ3n) is 1.12. The predicted octanol–water partition coefficient (Wildman–Crippen LogP) is -0.0558. The molecular weight excluding hydrogens is 203 g/mol. The number of thioether (sulfide) groups is 1. The molecule has 5 nitrogen and oxygen atoms in total. The fourth-order valence-electron chi connectivity index (χ4n) is 0.460. The van der Waals surface area contributed by atoms with E-state index in [1.165, 1.54) is 11.8 Å². The molecule has 1 unspecified atom stereocenters. The van der Waals surface area contributed by atoms with Crippen molar-refractivity contribution in [3.63, 3.8) is 0 Å². The summed E-state index contributed by atoms with van der Waals surface area (Å²) in [4.78, 5) is 8.21. The Labute approximate surface area is 75.7 Å². The van der Waals surface area contributed by atoms with Crippen LogP contribution in [-0.2, 0) is 9.09 Å². The summed E-state index contributed by atoms with van der Waals surface area (Å²) in [5.74, 6) is 0.424. The molecule has 0 fully saturated rings. The lowest BCUT2D eigenvalue weighted by Crippen LogP contribution is -2.13. The van der Waals surface area contributed by atoms with Gasteiger partial charge in [0, 0.05) is 29.4 Å². The fraction of sp³-hybridized carbons (Fsp3) is 1.00. The molecule has 0 aromatic carbocycles. The lowest BCUT2D eigenvalue weighted by atomic mass is 10.2. The summed E-state index contributed by atoms with van der Waals surface area (Å²) in [7, 11) is -2.54. The fourth-order valence-corrected chi connectivity index (χ4v) is 1.76. The van der Waals surface area contributed by atoms with Gasteiger partial charge < -0.3 is 10.2 Å². The van der Waals surface area contributed by atoms with Crippen molar-refractivity contribution in [3.8, 4) is 0 Å². The van der Waals surface area contributed by atoms with E-state index in [2.05, 4.69) is 4.52 Å². The Bertz CT molecular complexity index is 129. The van der Waals surface area contributed by atoms with Crippen LogP contribution in [0.2, 0.25) is 0 Å². The standard InChI is InChI=1S/C5H11O5PS/c6-1-5(2-7)3-12-4-10-11(8)9/h5-7H,1-4H2/p+1. The maximum atomic E-state index is 10.00. The summed E-state index contributed by atoms with van der Waals surface area (Å²) >= 11 is 1.25. The van der Waals surface area contributed by atoms with E-state index in [0.717, 1.165) is 0 Å². The van der Waals surface area contributed by atoms with Gasteiger partial charge in [-0.1, -0.05) is 0 Å². The zero-order chi connectivity index (χ0) is 9.40. The minimum Gasteiger partial charge on any atom is -0.396 e. The van der Waals surface area contributed by atoms with Crippen molar-refractivity contribution in [2.45, 2.75) is 0 Å². The average molecular weight is 215 g/mol. The molecule has 0 spiro atoms. The second-order valence-electron chi connectivity index (χ2n) is 2.09. The lowest BCUT2D eigenvalue weighted by Gasteiger charge is -2.07. The molecule has 0 bridgehead atoms. The highest BCUT2D eigenvalue weighted by atomic mass is 32.2. The van der Waals surface area contributed by atoms with Crippen molar-refractivity contribution in [1.82, 2.24) is 0 Å². The van der Waals surface area contributed by atoms with Crippen molar-refractivity contribution in [1.29, 1.82) is 0 Å². The quantitative estimate of drug-likeness (QED) is 0.313. The lowest BCUT2D eigenvalue weighted by molar-refractivity contribution is 0.164. The molecule has 3 N–H and O–H groups in total. The normalized spacial score (nSPS) is 12.2. The van der Waals surface area contributed by atoms with Crippen LogP contribution in [0.15, 0.2) is 0 Å². The summed E-state index contributed by atoms with van der Waals surface area (Å²) in [6, 6.07) is 0. The highest BCUT2D eigenvalue weighted by Gasteiger charge is 2.12. The summed E-state index contributed by atoms with van der Waals surface area (Å²) in [6.45, 7) is -0.177. The molecule has 0 heterocycles. The molecule has 12 heavy (non-hydrogen) atoms.